The minimum atomic E-state index is -5.92. The van der Waals surface area contributed by atoms with Crippen molar-refractivity contribution >= 4 is 17.5 Å². The third kappa shape index (κ3) is 4.45. The Bertz CT molecular complexity index is 507. The number of halogens is 6. The normalized spacial score (nSPS) is 12.1. The Balaban J connectivity index is 2.54. The molecule has 3 nitrogen and oxygen atoms in total. The molecule has 21 heavy (non-hydrogen) atoms. The molecule has 0 atom stereocenters. The Morgan fingerprint density at radius 1 is 1.29 bits per heavy atom. The third-order valence-electron chi connectivity index (χ3n) is 2.46. The number of carbonyl (C=O) groups excluding carboxylic acids is 1. The highest BCUT2D eigenvalue weighted by Crippen LogP contribution is 2.36. The fourth-order valence-electron chi connectivity index (χ4n) is 1.32. The fourth-order valence-corrected chi connectivity index (χ4v) is 1.50. The van der Waals surface area contributed by atoms with Gasteiger partial charge in [-0.2, -0.15) is 22.0 Å². The molecule has 1 aromatic rings. The van der Waals surface area contributed by atoms with Crippen molar-refractivity contribution in [3.8, 4) is 5.75 Å². The SMILES string of the molecule is CN(CCOc1cccc(Cl)c1)C(=O)C(F)(F)C(F)(F)F. The van der Waals surface area contributed by atoms with Crippen molar-refractivity contribution in [2.24, 2.45) is 0 Å². The topological polar surface area (TPSA) is 29.5 Å². The molecule has 0 spiro atoms. The first kappa shape index (κ1) is 17.5. The number of alkyl halides is 5. The Kier molecular flexibility index (Phi) is 5.38. The van der Waals surface area contributed by atoms with Gasteiger partial charge in [-0.25, -0.2) is 0 Å². The fraction of sp³-hybridized carbons (Fsp3) is 0.417. The first-order valence-corrected chi connectivity index (χ1v) is 6.02. The summed E-state index contributed by atoms with van der Waals surface area (Å²) in [5, 5.41) is 0.375. The Morgan fingerprint density at radius 2 is 1.90 bits per heavy atom. The van der Waals surface area contributed by atoms with Crippen LogP contribution in [0.5, 0.6) is 5.75 Å². The predicted molar refractivity (Wildman–Crippen MR) is 65.6 cm³/mol. The van der Waals surface area contributed by atoms with Crippen LogP contribution in [0.3, 0.4) is 0 Å². The lowest BCUT2D eigenvalue weighted by Crippen LogP contribution is -2.51. The van der Waals surface area contributed by atoms with Gasteiger partial charge in [0.1, 0.15) is 12.4 Å². The zero-order valence-corrected chi connectivity index (χ0v) is 11.5. The van der Waals surface area contributed by atoms with Gasteiger partial charge in [0.05, 0.1) is 6.54 Å². The quantitative estimate of drug-likeness (QED) is 0.774. The van der Waals surface area contributed by atoms with Gasteiger partial charge in [-0.05, 0) is 18.2 Å². The van der Waals surface area contributed by atoms with Crippen LogP contribution in [-0.4, -0.2) is 43.1 Å². The number of likely N-dealkylation sites (N-methyl/N-ethyl adjacent to an activating group) is 1. The summed E-state index contributed by atoms with van der Waals surface area (Å²) in [5.74, 6) is -7.44. The zero-order valence-electron chi connectivity index (χ0n) is 10.8. The summed E-state index contributed by atoms with van der Waals surface area (Å²) in [6.45, 7) is -0.687. The number of nitrogens with zero attached hydrogens (tertiary/aromatic N) is 1. The summed E-state index contributed by atoms with van der Waals surface area (Å²) < 4.78 is 66.8. The largest absolute Gasteiger partial charge is 0.492 e. The van der Waals surface area contributed by atoms with Gasteiger partial charge in [0.15, 0.2) is 0 Å². The molecule has 0 aliphatic heterocycles. The van der Waals surface area contributed by atoms with Crippen LogP contribution in [0.25, 0.3) is 0 Å². The molecule has 0 heterocycles. The number of hydrogen-bond acceptors (Lipinski definition) is 2. The van der Waals surface area contributed by atoms with Crippen LogP contribution in [0.15, 0.2) is 24.3 Å². The molecule has 0 aliphatic carbocycles. The van der Waals surface area contributed by atoms with Gasteiger partial charge in [0, 0.05) is 12.1 Å². The number of carbonyl (C=O) groups is 1. The molecule has 0 saturated heterocycles. The van der Waals surface area contributed by atoms with Gasteiger partial charge in [-0.1, -0.05) is 17.7 Å². The molecule has 0 aromatic heterocycles. The maximum Gasteiger partial charge on any atom is 0.463 e. The Hall–Kier alpha value is -1.57. The number of amides is 1. The van der Waals surface area contributed by atoms with E-state index in [2.05, 4.69) is 0 Å². The van der Waals surface area contributed by atoms with Crippen LogP contribution < -0.4 is 4.74 Å². The van der Waals surface area contributed by atoms with E-state index in [1.54, 1.807) is 12.1 Å². The van der Waals surface area contributed by atoms with Crippen LogP contribution in [0.2, 0.25) is 5.02 Å². The lowest BCUT2D eigenvalue weighted by Gasteiger charge is -2.24. The minimum absolute atomic E-state index is 0.253. The summed E-state index contributed by atoms with van der Waals surface area (Å²) in [5.41, 5.74) is 0. The zero-order chi connectivity index (χ0) is 16.3. The van der Waals surface area contributed by atoms with Gasteiger partial charge in [0.25, 0.3) is 0 Å². The van der Waals surface area contributed by atoms with Gasteiger partial charge in [-0.15, -0.1) is 0 Å². The molecule has 9 heteroatoms. The van der Waals surface area contributed by atoms with Crippen LogP contribution >= 0.6 is 11.6 Å². The average molecular weight is 332 g/mol. The Labute approximate surface area is 122 Å². The average Bonchev–Trinajstić information content (AvgIpc) is 2.36. The van der Waals surface area contributed by atoms with Crippen molar-refractivity contribution in [2.45, 2.75) is 12.1 Å². The van der Waals surface area contributed by atoms with E-state index in [1.165, 1.54) is 12.1 Å². The molecule has 1 aromatic carbocycles. The minimum Gasteiger partial charge on any atom is -0.492 e. The molecule has 0 radical (unpaired) electrons. The van der Waals surface area contributed by atoms with E-state index >= 15 is 0 Å². The standard InChI is InChI=1S/C12H11ClF5NO2/c1-19(10(20)11(14,15)12(16,17)18)5-6-21-9-4-2-3-8(13)7-9/h2-4,7H,5-6H2,1H3. The summed E-state index contributed by atoms with van der Waals surface area (Å²) in [7, 11) is 0.837. The van der Waals surface area contributed by atoms with Crippen molar-refractivity contribution in [3.63, 3.8) is 0 Å². The molecule has 0 saturated carbocycles. The molecule has 118 valence electrons. The van der Waals surface area contributed by atoms with Gasteiger partial charge in [0.2, 0.25) is 0 Å². The van der Waals surface area contributed by atoms with E-state index in [1.807, 2.05) is 0 Å². The lowest BCUT2D eigenvalue weighted by atomic mass is 10.3. The first-order valence-electron chi connectivity index (χ1n) is 5.64. The number of ether oxygens (including phenoxy) is 1. The van der Waals surface area contributed by atoms with E-state index < -0.39 is 24.6 Å². The molecule has 0 fully saturated rings. The maximum atomic E-state index is 12.8. The molecule has 1 amide bonds. The van der Waals surface area contributed by atoms with Crippen molar-refractivity contribution < 1.29 is 31.5 Å². The maximum absolute atomic E-state index is 12.8. The summed E-state index contributed by atoms with van der Waals surface area (Å²) in [4.78, 5) is 11.3. The smallest absolute Gasteiger partial charge is 0.463 e. The summed E-state index contributed by atoms with van der Waals surface area (Å²) >= 11 is 5.68. The van der Waals surface area contributed by atoms with Crippen LogP contribution in [0.1, 0.15) is 0 Å². The number of benzene rings is 1. The second-order valence-electron chi connectivity index (χ2n) is 4.10. The highest BCUT2D eigenvalue weighted by Gasteiger charge is 2.64. The molecular formula is C12H11ClF5NO2. The number of rotatable bonds is 5. The highest BCUT2D eigenvalue weighted by molar-refractivity contribution is 6.30. The van der Waals surface area contributed by atoms with E-state index in [0.29, 0.717) is 10.8 Å². The molecule has 0 bridgehead atoms. The van der Waals surface area contributed by atoms with E-state index in [0.717, 1.165) is 7.05 Å². The van der Waals surface area contributed by atoms with Gasteiger partial charge in [-0.3, -0.25) is 4.79 Å². The molecule has 0 unspecified atom stereocenters. The van der Waals surface area contributed by atoms with Crippen molar-refractivity contribution in [3.05, 3.63) is 29.3 Å². The monoisotopic (exact) mass is 331 g/mol. The second kappa shape index (κ2) is 6.46. The van der Waals surface area contributed by atoms with Crippen LogP contribution in [0, 0.1) is 0 Å². The predicted octanol–water partition coefficient (Wildman–Crippen LogP) is 3.37. The molecular weight excluding hydrogens is 321 g/mol. The van der Waals surface area contributed by atoms with Gasteiger partial charge >= 0.3 is 18.0 Å². The summed E-state index contributed by atoms with van der Waals surface area (Å²) in [6.07, 6.45) is -5.92. The van der Waals surface area contributed by atoms with E-state index in [4.69, 9.17) is 16.3 Å². The van der Waals surface area contributed by atoms with Crippen molar-refractivity contribution in [1.29, 1.82) is 0 Å². The summed E-state index contributed by atoms with van der Waals surface area (Å²) in [6, 6.07) is 6.12. The molecule has 0 N–H and O–H groups in total. The van der Waals surface area contributed by atoms with Crippen molar-refractivity contribution in [1.82, 2.24) is 4.90 Å². The van der Waals surface area contributed by atoms with E-state index in [-0.39, 0.29) is 11.5 Å². The lowest BCUT2D eigenvalue weighted by molar-refractivity contribution is -0.274. The highest BCUT2D eigenvalue weighted by atomic mass is 35.5. The van der Waals surface area contributed by atoms with E-state index in [9.17, 15) is 26.7 Å². The molecule has 0 aliphatic rings. The van der Waals surface area contributed by atoms with Crippen molar-refractivity contribution in [2.75, 3.05) is 20.2 Å². The third-order valence-corrected chi connectivity index (χ3v) is 2.70. The molecule has 1 rings (SSSR count). The number of hydrogen-bond donors (Lipinski definition) is 0. The van der Waals surface area contributed by atoms with Crippen LogP contribution in [0.4, 0.5) is 22.0 Å². The van der Waals surface area contributed by atoms with Crippen LogP contribution in [-0.2, 0) is 4.79 Å². The first-order chi connectivity index (χ1) is 9.55. The van der Waals surface area contributed by atoms with Gasteiger partial charge < -0.3 is 9.64 Å². The Morgan fingerprint density at radius 3 is 2.43 bits per heavy atom. The second-order valence-corrected chi connectivity index (χ2v) is 4.54.